The molecule has 1 N–H and O–H groups in total. The summed E-state index contributed by atoms with van der Waals surface area (Å²) in [5.74, 6) is -0.859. The highest BCUT2D eigenvalue weighted by atomic mass is 16.5. The van der Waals surface area contributed by atoms with Gasteiger partial charge in [-0.2, -0.15) is 0 Å². The Morgan fingerprint density at radius 3 is 2.25 bits per heavy atom. The molecule has 3 heterocycles. The molecule has 1 fully saturated rings. The molecular formula is C25H23N3O4. The molecule has 3 aromatic rings. The second-order valence-corrected chi connectivity index (χ2v) is 8.46. The lowest BCUT2D eigenvalue weighted by atomic mass is 9.93. The van der Waals surface area contributed by atoms with Gasteiger partial charge in [0.1, 0.15) is 6.17 Å². The zero-order chi connectivity index (χ0) is 21.8. The van der Waals surface area contributed by atoms with Crippen molar-refractivity contribution in [3.63, 3.8) is 0 Å². The number of hydrogen-bond donors (Lipinski definition) is 1. The van der Waals surface area contributed by atoms with Gasteiger partial charge in [0, 0.05) is 18.8 Å². The van der Waals surface area contributed by atoms with Gasteiger partial charge in [-0.1, -0.05) is 48.5 Å². The lowest BCUT2D eigenvalue weighted by molar-refractivity contribution is -0.0197. The largest absolute Gasteiger partial charge is 0.502 e. The molecule has 0 unspecified atom stereocenters. The third kappa shape index (κ3) is 2.71. The molecule has 1 saturated heterocycles. The van der Waals surface area contributed by atoms with Crippen LogP contribution in [-0.2, 0) is 17.6 Å². The molecule has 0 radical (unpaired) electrons. The van der Waals surface area contributed by atoms with E-state index in [0.29, 0.717) is 19.8 Å². The Morgan fingerprint density at radius 2 is 1.56 bits per heavy atom. The minimum absolute atomic E-state index is 0.00913. The number of aryl methyl sites for hydroxylation is 2. The van der Waals surface area contributed by atoms with Crippen molar-refractivity contribution < 1.29 is 14.6 Å². The van der Waals surface area contributed by atoms with E-state index in [0.717, 1.165) is 24.0 Å². The van der Waals surface area contributed by atoms with Crippen LogP contribution in [0.3, 0.4) is 0 Å². The maximum absolute atomic E-state index is 13.3. The first-order valence-corrected chi connectivity index (χ1v) is 10.9. The number of amides is 1. The lowest BCUT2D eigenvalue weighted by Crippen LogP contribution is -2.66. The van der Waals surface area contributed by atoms with E-state index in [1.54, 1.807) is 15.8 Å². The van der Waals surface area contributed by atoms with Gasteiger partial charge in [-0.25, -0.2) is 0 Å². The summed E-state index contributed by atoms with van der Waals surface area (Å²) in [7, 11) is 0. The average molecular weight is 429 g/mol. The number of carbonyl (C=O) groups is 1. The highest BCUT2D eigenvalue weighted by molar-refractivity contribution is 5.96. The number of rotatable bonds is 1. The minimum Gasteiger partial charge on any atom is -0.502 e. The molecule has 0 saturated carbocycles. The number of fused-ring (bicyclic) bond motifs is 4. The monoisotopic (exact) mass is 429 g/mol. The maximum Gasteiger partial charge on any atom is 0.278 e. The summed E-state index contributed by atoms with van der Waals surface area (Å²) in [5, 5.41) is 12.7. The topological polar surface area (TPSA) is 75.0 Å². The van der Waals surface area contributed by atoms with Gasteiger partial charge in [-0.15, -0.1) is 0 Å². The van der Waals surface area contributed by atoms with E-state index < -0.39 is 11.2 Å². The van der Waals surface area contributed by atoms with E-state index in [-0.39, 0.29) is 23.8 Å². The van der Waals surface area contributed by atoms with E-state index in [2.05, 4.69) is 41.4 Å². The molecule has 1 aromatic heterocycles. The second kappa shape index (κ2) is 7.24. The van der Waals surface area contributed by atoms with E-state index in [4.69, 9.17) is 4.74 Å². The van der Waals surface area contributed by atoms with Crippen LogP contribution in [0.2, 0.25) is 0 Å². The Bertz CT molecular complexity index is 1240. The number of ether oxygens (including phenoxy) is 1. The van der Waals surface area contributed by atoms with Crippen molar-refractivity contribution in [2.75, 3.05) is 24.8 Å². The normalized spacial score (nSPS) is 20.1. The fourth-order valence-corrected chi connectivity index (χ4v) is 5.31. The van der Waals surface area contributed by atoms with Gasteiger partial charge in [0.15, 0.2) is 11.4 Å². The second-order valence-electron chi connectivity index (χ2n) is 8.46. The van der Waals surface area contributed by atoms with Crippen molar-refractivity contribution in [3.05, 3.63) is 99.0 Å². The summed E-state index contributed by atoms with van der Waals surface area (Å²) < 4.78 is 7.48. The van der Waals surface area contributed by atoms with Crippen molar-refractivity contribution in [1.82, 2.24) is 9.58 Å². The van der Waals surface area contributed by atoms with Gasteiger partial charge in [-0.05, 0) is 35.1 Å². The summed E-state index contributed by atoms with van der Waals surface area (Å²) in [4.78, 5) is 27.3. The summed E-state index contributed by atoms with van der Waals surface area (Å²) in [6, 6.07) is 17.9. The number of nitrogens with zero attached hydrogens (tertiary/aromatic N) is 3. The molecule has 7 heteroatoms. The first-order chi connectivity index (χ1) is 15.6. The third-order valence-electron chi connectivity index (χ3n) is 6.80. The molecule has 0 bridgehead atoms. The Kier molecular flexibility index (Phi) is 4.33. The predicted molar refractivity (Wildman–Crippen MR) is 118 cm³/mol. The number of hydrogen-bond acceptors (Lipinski definition) is 5. The Hall–Kier alpha value is -3.58. The maximum atomic E-state index is 13.3. The number of aromatic nitrogens is 1. The van der Waals surface area contributed by atoms with E-state index in [1.165, 1.54) is 17.2 Å². The summed E-state index contributed by atoms with van der Waals surface area (Å²) >= 11 is 0. The number of morpholine rings is 1. The highest BCUT2D eigenvalue weighted by Gasteiger charge is 2.45. The average Bonchev–Trinajstić information content (AvgIpc) is 2.99. The highest BCUT2D eigenvalue weighted by Crippen LogP contribution is 2.40. The molecule has 3 aliphatic rings. The number of pyridine rings is 1. The number of carbonyl (C=O) groups excluding carboxylic acids is 1. The molecule has 32 heavy (non-hydrogen) atoms. The van der Waals surface area contributed by atoms with E-state index in [1.807, 2.05) is 12.1 Å². The van der Waals surface area contributed by atoms with Gasteiger partial charge in [0.05, 0.1) is 19.3 Å². The van der Waals surface area contributed by atoms with Crippen LogP contribution in [0.4, 0.5) is 0 Å². The minimum atomic E-state index is -0.557. The van der Waals surface area contributed by atoms with Gasteiger partial charge in [-0.3, -0.25) is 19.3 Å². The number of benzene rings is 2. The molecule has 6 rings (SSSR count). The fourth-order valence-electron chi connectivity index (χ4n) is 5.31. The predicted octanol–water partition coefficient (Wildman–Crippen LogP) is 2.19. The lowest BCUT2D eigenvalue weighted by Gasteiger charge is -2.51. The van der Waals surface area contributed by atoms with Crippen LogP contribution >= 0.6 is 0 Å². The Labute approximate surface area is 185 Å². The van der Waals surface area contributed by atoms with E-state index >= 15 is 0 Å². The molecule has 162 valence electrons. The Balaban J connectivity index is 1.66. The molecule has 1 aliphatic carbocycles. The fraction of sp³-hybridized carbons (Fsp3) is 0.280. The SMILES string of the molecule is O=C1c2c(O)c(=O)ccn2N(C2c3ccccc3CCc3ccccc32)[C@@H]2COCCN12. The smallest absolute Gasteiger partial charge is 0.278 e. The number of aromatic hydroxyl groups is 1. The summed E-state index contributed by atoms with van der Waals surface area (Å²) in [5.41, 5.74) is 4.26. The van der Waals surface area contributed by atoms with Gasteiger partial charge < -0.3 is 14.7 Å². The first kappa shape index (κ1) is 19.1. The summed E-state index contributed by atoms with van der Waals surface area (Å²) in [6.07, 6.45) is 3.07. The third-order valence-corrected chi connectivity index (χ3v) is 6.80. The molecular weight excluding hydrogens is 406 g/mol. The zero-order valence-corrected chi connectivity index (χ0v) is 17.5. The van der Waals surface area contributed by atoms with Crippen LogP contribution in [0.1, 0.15) is 38.8 Å². The van der Waals surface area contributed by atoms with Crippen LogP contribution in [0.25, 0.3) is 0 Å². The van der Waals surface area contributed by atoms with Crippen LogP contribution in [-0.4, -0.2) is 46.5 Å². The van der Waals surface area contributed by atoms with Crippen LogP contribution in [0, 0.1) is 0 Å². The van der Waals surface area contributed by atoms with Crippen molar-refractivity contribution in [3.8, 4) is 5.75 Å². The van der Waals surface area contributed by atoms with Crippen molar-refractivity contribution in [2.24, 2.45) is 0 Å². The quantitative estimate of drug-likeness (QED) is 0.642. The molecule has 2 aliphatic heterocycles. The van der Waals surface area contributed by atoms with Crippen molar-refractivity contribution >= 4 is 5.91 Å². The first-order valence-electron chi connectivity index (χ1n) is 10.9. The Morgan fingerprint density at radius 1 is 0.906 bits per heavy atom. The summed E-state index contributed by atoms with van der Waals surface area (Å²) in [6.45, 7) is 1.17. The van der Waals surface area contributed by atoms with Crippen LogP contribution in [0.15, 0.2) is 65.6 Å². The molecule has 1 atom stereocenters. The standard InChI is InChI=1S/C25H23N3O4/c29-20-11-12-27-23(24(20)30)25(31)26-13-14-32-15-21(26)28(27)22-18-7-3-1-5-16(18)9-10-17-6-2-4-8-19(17)22/h1-8,11-12,21-22,30H,9-10,13-15H2/t21-/m1/s1. The van der Waals surface area contributed by atoms with Crippen LogP contribution in [0.5, 0.6) is 5.75 Å². The van der Waals surface area contributed by atoms with Gasteiger partial charge >= 0.3 is 0 Å². The van der Waals surface area contributed by atoms with Gasteiger partial charge in [0.25, 0.3) is 5.91 Å². The van der Waals surface area contributed by atoms with E-state index in [9.17, 15) is 14.7 Å². The van der Waals surface area contributed by atoms with Crippen molar-refractivity contribution in [2.45, 2.75) is 25.0 Å². The molecule has 0 spiro atoms. The van der Waals surface area contributed by atoms with Crippen LogP contribution < -0.4 is 10.4 Å². The van der Waals surface area contributed by atoms with Crippen molar-refractivity contribution in [1.29, 1.82) is 0 Å². The zero-order valence-electron chi connectivity index (χ0n) is 17.5. The molecule has 7 nitrogen and oxygen atoms in total. The molecule has 2 aromatic carbocycles. The van der Waals surface area contributed by atoms with Gasteiger partial charge in [0.2, 0.25) is 5.43 Å². The molecule has 1 amide bonds.